The lowest BCUT2D eigenvalue weighted by molar-refractivity contribution is -0.120. The van der Waals surface area contributed by atoms with Gasteiger partial charge in [-0.2, -0.15) is 0 Å². The second kappa shape index (κ2) is 7.56. The second-order valence-electron chi connectivity index (χ2n) is 5.70. The van der Waals surface area contributed by atoms with E-state index >= 15 is 0 Å². The predicted octanol–water partition coefficient (Wildman–Crippen LogP) is 3.20. The molecule has 0 bridgehead atoms. The maximum atomic E-state index is 11.8. The average Bonchev–Trinajstić information content (AvgIpc) is 2.82. The van der Waals surface area contributed by atoms with Crippen molar-refractivity contribution >= 4 is 28.2 Å². The fourth-order valence-electron chi connectivity index (χ4n) is 1.59. The molecule has 0 spiro atoms. The first-order chi connectivity index (χ1) is 9.79. The molecule has 1 rings (SSSR count). The minimum Gasteiger partial charge on any atom is -0.465 e. The minimum atomic E-state index is -0.452. The Labute approximate surface area is 129 Å². The van der Waals surface area contributed by atoms with E-state index in [-0.39, 0.29) is 17.9 Å². The number of hydrogen-bond donors (Lipinski definition) is 1. The normalized spacial score (nSPS) is 11.3. The number of rotatable bonds is 6. The minimum absolute atomic E-state index is 0.0167. The van der Waals surface area contributed by atoms with Crippen LogP contribution in [0.3, 0.4) is 0 Å². The number of anilines is 1. The zero-order valence-electron chi connectivity index (χ0n) is 13.2. The van der Waals surface area contributed by atoms with Crippen molar-refractivity contribution in [3.05, 3.63) is 16.5 Å². The van der Waals surface area contributed by atoms with E-state index in [0.29, 0.717) is 17.2 Å². The quantitative estimate of drug-likeness (QED) is 0.647. The summed E-state index contributed by atoms with van der Waals surface area (Å²) in [5, 5.41) is 3.24. The van der Waals surface area contributed by atoms with Crippen molar-refractivity contribution in [2.75, 3.05) is 25.6 Å². The molecule has 118 valence electrons. The van der Waals surface area contributed by atoms with Crippen LogP contribution in [0.5, 0.6) is 0 Å². The molecule has 0 fully saturated rings. The highest BCUT2D eigenvalue weighted by atomic mass is 32.1. The van der Waals surface area contributed by atoms with Crippen LogP contribution in [-0.2, 0) is 19.7 Å². The van der Waals surface area contributed by atoms with Gasteiger partial charge >= 0.3 is 5.97 Å². The summed E-state index contributed by atoms with van der Waals surface area (Å²) in [6.45, 7) is 8.65. The maximum Gasteiger partial charge on any atom is 0.340 e. The molecule has 0 unspecified atom stereocenters. The fourth-order valence-corrected chi connectivity index (χ4v) is 2.71. The largest absolute Gasteiger partial charge is 0.465 e. The Morgan fingerprint density at radius 3 is 2.52 bits per heavy atom. The van der Waals surface area contributed by atoms with Gasteiger partial charge in [0.2, 0.25) is 0 Å². The molecule has 21 heavy (non-hydrogen) atoms. The van der Waals surface area contributed by atoms with Crippen molar-refractivity contribution < 1.29 is 19.1 Å². The van der Waals surface area contributed by atoms with Crippen molar-refractivity contribution in [3.8, 4) is 0 Å². The van der Waals surface area contributed by atoms with Gasteiger partial charge in [-0.1, -0.05) is 27.7 Å². The molecule has 0 radical (unpaired) electrons. The van der Waals surface area contributed by atoms with Gasteiger partial charge < -0.3 is 14.8 Å². The van der Waals surface area contributed by atoms with E-state index in [1.54, 1.807) is 6.07 Å². The maximum absolute atomic E-state index is 11.8. The highest BCUT2D eigenvalue weighted by Gasteiger charge is 2.24. The van der Waals surface area contributed by atoms with Crippen molar-refractivity contribution in [2.45, 2.75) is 39.5 Å². The molecule has 5 nitrogen and oxygen atoms in total. The van der Waals surface area contributed by atoms with Gasteiger partial charge in [-0.05, 0) is 17.9 Å². The number of carbonyl (C=O) groups is 2. The third-order valence-electron chi connectivity index (χ3n) is 2.71. The Kier molecular flexibility index (Phi) is 6.36. The number of nitrogens with one attached hydrogen (secondary N) is 1. The summed E-state index contributed by atoms with van der Waals surface area (Å²) in [6, 6.07) is 1.78. The zero-order valence-corrected chi connectivity index (χ0v) is 14.1. The number of esters is 1. The van der Waals surface area contributed by atoms with Crippen LogP contribution in [-0.4, -0.2) is 32.2 Å². The number of hydrogen-bond acceptors (Lipinski definition) is 5. The van der Waals surface area contributed by atoms with Crippen LogP contribution in [0.25, 0.3) is 0 Å². The number of amides is 1. The molecule has 0 saturated carbocycles. The van der Waals surface area contributed by atoms with Crippen molar-refractivity contribution in [2.24, 2.45) is 0 Å². The van der Waals surface area contributed by atoms with E-state index in [2.05, 4.69) is 26.1 Å². The number of methoxy groups -OCH3 is 1. The molecule has 0 aliphatic carbocycles. The molecule has 1 N–H and O–H groups in total. The first kappa shape index (κ1) is 17.7. The summed E-state index contributed by atoms with van der Waals surface area (Å²) in [5.41, 5.74) is 0.283. The van der Waals surface area contributed by atoms with Gasteiger partial charge in [-0.25, -0.2) is 4.79 Å². The van der Waals surface area contributed by atoms with E-state index in [1.165, 1.54) is 18.4 Å². The van der Waals surface area contributed by atoms with E-state index in [4.69, 9.17) is 9.47 Å². The molecule has 0 aromatic carbocycles. The van der Waals surface area contributed by atoms with Crippen LogP contribution < -0.4 is 5.32 Å². The molecule has 1 aromatic rings. The van der Waals surface area contributed by atoms with E-state index in [0.717, 1.165) is 11.3 Å². The molecule has 0 aliphatic heterocycles. The highest BCUT2D eigenvalue weighted by molar-refractivity contribution is 7.16. The van der Waals surface area contributed by atoms with Crippen molar-refractivity contribution in [1.82, 2.24) is 0 Å². The van der Waals surface area contributed by atoms with E-state index in [9.17, 15) is 9.59 Å². The first-order valence-corrected chi connectivity index (χ1v) is 7.71. The predicted molar refractivity (Wildman–Crippen MR) is 84.1 cm³/mol. The van der Waals surface area contributed by atoms with E-state index < -0.39 is 5.97 Å². The SMILES string of the molecule is CCCOCC(=O)Nc1sc(C(C)(C)C)cc1C(=O)OC. The molecule has 1 heterocycles. The first-order valence-electron chi connectivity index (χ1n) is 6.89. The van der Waals surface area contributed by atoms with Gasteiger partial charge in [-0.3, -0.25) is 4.79 Å². The Bertz CT molecular complexity index is 502. The fraction of sp³-hybridized carbons (Fsp3) is 0.600. The zero-order chi connectivity index (χ0) is 16.0. The molecule has 0 saturated heterocycles. The summed E-state index contributed by atoms with van der Waals surface area (Å²) in [6.07, 6.45) is 0.855. The average molecular weight is 313 g/mol. The molecule has 0 aliphatic rings. The topological polar surface area (TPSA) is 64.6 Å². The monoisotopic (exact) mass is 313 g/mol. The molecular weight excluding hydrogens is 290 g/mol. The molecule has 1 amide bonds. The lowest BCUT2D eigenvalue weighted by Gasteiger charge is -2.15. The van der Waals surface area contributed by atoms with Gasteiger partial charge in [-0.15, -0.1) is 11.3 Å². The Morgan fingerprint density at radius 1 is 1.33 bits per heavy atom. The summed E-state index contributed by atoms with van der Waals surface area (Å²) < 4.78 is 9.96. The van der Waals surface area contributed by atoms with Crippen LogP contribution >= 0.6 is 11.3 Å². The summed E-state index contributed by atoms with van der Waals surface area (Å²) >= 11 is 1.39. The number of ether oxygens (including phenoxy) is 2. The molecule has 6 heteroatoms. The van der Waals surface area contributed by atoms with Gasteiger partial charge in [0.15, 0.2) is 0 Å². The van der Waals surface area contributed by atoms with Crippen molar-refractivity contribution in [3.63, 3.8) is 0 Å². The lowest BCUT2D eigenvalue weighted by Crippen LogP contribution is -2.19. The molecule has 1 aromatic heterocycles. The second-order valence-corrected chi connectivity index (χ2v) is 6.75. The van der Waals surface area contributed by atoms with Crippen LogP contribution in [0.15, 0.2) is 6.07 Å². The van der Waals surface area contributed by atoms with Crippen LogP contribution in [0.1, 0.15) is 49.4 Å². The van der Waals surface area contributed by atoms with E-state index in [1.807, 2.05) is 6.92 Å². The number of thiophene rings is 1. The Hall–Kier alpha value is -1.40. The highest BCUT2D eigenvalue weighted by Crippen LogP contribution is 2.36. The third-order valence-corrected chi connectivity index (χ3v) is 4.19. The van der Waals surface area contributed by atoms with Gasteiger partial charge in [0.05, 0.1) is 12.7 Å². The lowest BCUT2D eigenvalue weighted by atomic mass is 9.94. The van der Waals surface area contributed by atoms with Crippen LogP contribution in [0, 0.1) is 0 Å². The third kappa shape index (κ3) is 5.13. The van der Waals surface area contributed by atoms with Gasteiger partial charge in [0.25, 0.3) is 5.91 Å². The Morgan fingerprint density at radius 2 is 2.00 bits per heavy atom. The molecule has 0 atom stereocenters. The Balaban J connectivity index is 2.91. The smallest absolute Gasteiger partial charge is 0.340 e. The van der Waals surface area contributed by atoms with Crippen LogP contribution in [0.2, 0.25) is 0 Å². The summed E-state index contributed by atoms with van der Waals surface area (Å²) in [7, 11) is 1.33. The standard InChI is InChI=1S/C15H23NO4S/c1-6-7-20-9-12(17)16-13-10(14(18)19-5)8-11(21-13)15(2,3)4/h8H,6-7,9H2,1-5H3,(H,16,17). The van der Waals surface area contributed by atoms with Crippen LogP contribution in [0.4, 0.5) is 5.00 Å². The summed E-state index contributed by atoms with van der Waals surface area (Å²) in [4.78, 5) is 24.7. The van der Waals surface area contributed by atoms with Gasteiger partial charge in [0, 0.05) is 11.5 Å². The number of carbonyl (C=O) groups excluding carboxylic acids is 2. The summed E-state index contributed by atoms with van der Waals surface area (Å²) in [5.74, 6) is -0.720. The van der Waals surface area contributed by atoms with Gasteiger partial charge in [0.1, 0.15) is 11.6 Å². The van der Waals surface area contributed by atoms with Crippen molar-refractivity contribution in [1.29, 1.82) is 0 Å². The molecular formula is C15H23NO4S.